The molecule has 0 saturated carbocycles. The van der Waals surface area contributed by atoms with E-state index in [2.05, 4.69) is 0 Å². The number of benzene rings is 2. The van der Waals surface area contributed by atoms with Crippen LogP contribution in [0, 0.1) is 0 Å². The number of methoxy groups -OCH3 is 4. The predicted molar refractivity (Wildman–Crippen MR) is 106 cm³/mol. The Bertz CT molecular complexity index is 1070. The van der Waals surface area contributed by atoms with E-state index in [1.54, 1.807) is 43.5 Å². The van der Waals surface area contributed by atoms with Gasteiger partial charge in [0.2, 0.25) is 0 Å². The standard InChI is InChI=1S/C21H21NO7/c1-26-13-7-5-12(6-8-13)17-18-14(9-10-15(27-2)20(18)29-4)22(11-16(23)28-3)19(17)21(24)25/h5-10H,11H2,1-4H3,(H,24,25). The zero-order valence-corrected chi connectivity index (χ0v) is 16.5. The number of carboxylic acids is 1. The van der Waals surface area contributed by atoms with Crippen LogP contribution in [-0.4, -0.2) is 50.1 Å². The monoisotopic (exact) mass is 399 g/mol. The minimum Gasteiger partial charge on any atom is -0.497 e. The van der Waals surface area contributed by atoms with Gasteiger partial charge < -0.3 is 28.6 Å². The Hall–Kier alpha value is -3.68. The second-order valence-electron chi connectivity index (χ2n) is 6.11. The SMILES string of the molecule is COC(=O)Cn1c(C(=O)O)c(-c2ccc(OC)cc2)c2c(OC)c(OC)ccc21. The number of rotatable bonds is 7. The second-order valence-corrected chi connectivity index (χ2v) is 6.11. The molecule has 0 bridgehead atoms. The molecule has 0 atom stereocenters. The normalized spacial score (nSPS) is 10.6. The topological polar surface area (TPSA) is 96.2 Å². The number of fused-ring (bicyclic) bond motifs is 1. The highest BCUT2D eigenvalue weighted by Crippen LogP contribution is 2.45. The molecular formula is C21H21NO7. The van der Waals surface area contributed by atoms with Gasteiger partial charge >= 0.3 is 11.9 Å². The van der Waals surface area contributed by atoms with Crippen LogP contribution in [0.3, 0.4) is 0 Å². The lowest BCUT2D eigenvalue weighted by molar-refractivity contribution is -0.141. The van der Waals surface area contributed by atoms with Gasteiger partial charge in [-0.15, -0.1) is 0 Å². The first-order chi connectivity index (χ1) is 14.0. The molecular weight excluding hydrogens is 378 g/mol. The highest BCUT2D eigenvalue weighted by Gasteiger charge is 2.28. The third-order valence-electron chi connectivity index (χ3n) is 4.67. The van der Waals surface area contributed by atoms with E-state index in [1.165, 1.54) is 25.9 Å². The molecule has 1 aromatic heterocycles. The Labute approximate surface area is 167 Å². The van der Waals surface area contributed by atoms with Crippen LogP contribution < -0.4 is 14.2 Å². The first-order valence-electron chi connectivity index (χ1n) is 8.68. The molecule has 0 fully saturated rings. The fourth-order valence-corrected chi connectivity index (χ4v) is 3.38. The number of esters is 1. The molecule has 8 heteroatoms. The van der Waals surface area contributed by atoms with Gasteiger partial charge in [0, 0.05) is 5.56 Å². The third-order valence-corrected chi connectivity index (χ3v) is 4.67. The quantitative estimate of drug-likeness (QED) is 0.610. The summed E-state index contributed by atoms with van der Waals surface area (Å²) in [4.78, 5) is 24.3. The first-order valence-corrected chi connectivity index (χ1v) is 8.68. The number of carbonyl (C=O) groups is 2. The Kier molecular flexibility index (Phi) is 5.63. The fraction of sp³-hybridized carbons (Fsp3) is 0.238. The Balaban J connectivity index is 2.46. The van der Waals surface area contributed by atoms with Crippen molar-refractivity contribution in [3.63, 3.8) is 0 Å². The largest absolute Gasteiger partial charge is 0.497 e. The molecule has 3 aromatic rings. The van der Waals surface area contributed by atoms with Gasteiger partial charge in [-0.3, -0.25) is 4.79 Å². The molecule has 8 nitrogen and oxygen atoms in total. The molecule has 0 unspecified atom stereocenters. The van der Waals surface area contributed by atoms with E-state index in [0.717, 1.165) is 0 Å². The number of nitrogens with zero attached hydrogens (tertiary/aromatic N) is 1. The lowest BCUT2D eigenvalue weighted by Gasteiger charge is -2.11. The molecule has 1 N–H and O–H groups in total. The Morgan fingerprint density at radius 3 is 2.14 bits per heavy atom. The number of aromatic carboxylic acids is 1. The van der Waals surface area contributed by atoms with E-state index >= 15 is 0 Å². The first kappa shape index (κ1) is 20.1. The molecule has 0 aliphatic heterocycles. The predicted octanol–water partition coefficient (Wildman–Crippen LogP) is 3.21. The lowest BCUT2D eigenvalue weighted by atomic mass is 10.0. The van der Waals surface area contributed by atoms with Crippen molar-refractivity contribution < 1.29 is 33.6 Å². The summed E-state index contributed by atoms with van der Waals surface area (Å²) in [5.41, 5.74) is 1.50. The molecule has 0 aliphatic rings. The zero-order valence-electron chi connectivity index (χ0n) is 16.5. The maximum absolute atomic E-state index is 12.3. The number of aromatic nitrogens is 1. The van der Waals surface area contributed by atoms with Crippen molar-refractivity contribution in [1.82, 2.24) is 4.57 Å². The Morgan fingerprint density at radius 1 is 0.931 bits per heavy atom. The second kappa shape index (κ2) is 8.14. The van der Waals surface area contributed by atoms with Crippen LogP contribution in [0.25, 0.3) is 22.0 Å². The number of carboxylic acid groups (broad SMARTS) is 1. The van der Waals surface area contributed by atoms with Crippen LogP contribution in [0.15, 0.2) is 36.4 Å². The van der Waals surface area contributed by atoms with Gasteiger partial charge in [-0.1, -0.05) is 12.1 Å². The van der Waals surface area contributed by atoms with Crippen molar-refractivity contribution >= 4 is 22.8 Å². The summed E-state index contributed by atoms with van der Waals surface area (Å²) in [6.45, 7) is -0.264. The van der Waals surface area contributed by atoms with Gasteiger partial charge in [0.1, 0.15) is 18.0 Å². The lowest BCUT2D eigenvalue weighted by Crippen LogP contribution is -2.16. The average molecular weight is 399 g/mol. The summed E-state index contributed by atoms with van der Waals surface area (Å²) in [6.07, 6.45) is 0. The van der Waals surface area contributed by atoms with Crippen molar-refractivity contribution in [2.45, 2.75) is 6.54 Å². The molecule has 0 aliphatic carbocycles. The molecule has 1 heterocycles. The summed E-state index contributed by atoms with van der Waals surface area (Å²) >= 11 is 0. The highest BCUT2D eigenvalue weighted by molar-refractivity contribution is 6.11. The Morgan fingerprint density at radius 2 is 1.62 bits per heavy atom. The summed E-state index contributed by atoms with van der Waals surface area (Å²) in [5.74, 6) is -0.297. The third kappa shape index (κ3) is 3.44. The van der Waals surface area contributed by atoms with Gasteiger partial charge in [-0.05, 0) is 29.8 Å². The molecule has 3 rings (SSSR count). The minimum atomic E-state index is -1.18. The van der Waals surface area contributed by atoms with Crippen molar-refractivity contribution in [3.8, 4) is 28.4 Å². The van der Waals surface area contributed by atoms with E-state index < -0.39 is 11.9 Å². The van der Waals surface area contributed by atoms with E-state index in [1.807, 2.05) is 0 Å². The molecule has 2 aromatic carbocycles. The number of hydrogen-bond acceptors (Lipinski definition) is 6. The average Bonchev–Trinajstić information content (AvgIpc) is 3.07. The zero-order chi connectivity index (χ0) is 21.1. The number of carbonyl (C=O) groups excluding carboxylic acids is 1. The van der Waals surface area contributed by atoms with Gasteiger partial charge in [0.25, 0.3) is 0 Å². The fourth-order valence-electron chi connectivity index (χ4n) is 3.38. The molecule has 152 valence electrons. The number of ether oxygens (including phenoxy) is 4. The summed E-state index contributed by atoms with van der Waals surface area (Å²) in [6, 6.07) is 10.3. The summed E-state index contributed by atoms with van der Waals surface area (Å²) in [7, 11) is 5.78. The van der Waals surface area contributed by atoms with Crippen LogP contribution >= 0.6 is 0 Å². The van der Waals surface area contributed by atoms with Gasteiger partial charge in [-0.2, -0.15) is 0 Å². The van der Waals surface area contributed by atoms with Crippen LogP contribution in [0.4, 0.5) is 0 Å². The van der Waals surface area contributed by atoms with E-state index in [-0.39, 0.29) is 12.2 Å². The van der Waals surface area contributed by atoms with Crippen LogP contribution in [-0.2, 0) is 16.1 Å². The summed E-state index contributed by atoms with van der Waals surface area (Å²) in [5, 5.41) is 10.5. The summed E-state index contributed by atoms with van der Waals surface area (Å²) < 4.78 is 22.3. The maximum Gasteiger partial charge on any atom is 0.353 e. The van der Waals surface area contributed by atoms with Crippen molar-refractivity contribution in [1.29, 1.82) is 0 Å². The molecule has 0 radical (unpaired) electrons. The van der Waals surface area contributed by atoms with Crippen LogP contribution in [0.1, 0.15) is 10.5 Å². The van der Waals surface area contributed by atoms with Crippen molar-refractivity contribution in [2.24, 2.45) is 0 Å². The minimum absolute atomic E-state index is 0.0536. The molecule has 0 saturated heterocycles. The maximum atomic E-state index is 12.3. The molecule has 29 heavy (non-hydrogen) atoms. The van der Waals surface area contributed by atoms with Crippen LogP contribution in [0.2, 0.25) is 0 Å². The molecule has 0 spiro atoms. The van der Waals surface area contributed by atoms with Gasteiger partial charge in [-0.25, -0.2) is 4.79 Å². The van der Waals surface area contributed by atoms with Gasteiger partial charge in [0.05, 0.1) is 39.3 Å². The van der Waals surface area contributed by atoms with E-state index in [0.29, 0.717) is 39.3 Å². The molecule has 0 amide bonds. The smallest absolute Gasteiger partial charge is 0.353 e. The van der Waals surface area contributed by atoms with Gasteiger partial charge in [0.15, 0.2) is 11.5 Å². The highest BCUT2D eigenvalue weighted by atomic mass is 16.5. The van der Waals surface area contributed by atoms with E-state index in [4.69, 9.17) is 18.9 Å². The van der Waals surface area contributed by atoms with Crippen molar-refractivity contribution in [3.05, 3.63) is 42.1 Å². The number of hydrogen-bond donors (Lipinski definition) is 1. The van der Waals surface area contributed by atoms with E-state index in [9.17, 15) is 14.7 Å². The van der Waals surface area contributed by atoms with Crippen molar-refractivity contribution in [2.75, 3.05) is 28.4 Å². The van der Waals surface area contributed by atoms with Crippen LogP contribution in [0.5, 0.6) is 17.2 Å².